The Morgan fingerprint density at radius 1 is 1.25 bits per heavy atom. The van der Waals surface area contributed by atoms with E-state index in [4.69, 9.17) is 14.2 Å². The maximum Gasteiger partial charge on any atom is 0.331 e. The third-order valence-electron chi connectivity index (χ3n) is 4.42. The number of ether oxygens (including phenoxy) is 3. The molecule has 1 aromatic carbocycles. The van der Waals surface area contributed by atoms with E-state index in [1.54, 1.807) is 29.0 Å². The number of benzene rings is 1. The molecule has 2 heterocycles. The number of amides is 1. The molecule has 28 heavy (non-hydrogen) atoms. The predicted octanol–water partition coefficient (Wildman–Crippen LogP) is 2.39. The third-order valence-corrected chi connectivity index (χ3v) is 4.42. The first-order chi connectivity index (χ1) is 13.3. The second-order valence-electron chi connectivity index (χ2n) is 6.47. The van der Waals surface area contributed by atoms with Gasteiger partial charge in [0.1, 0.15) is 13.2 Å². The summed E-state index contributed by atoms with van der Waals surface area (Å²) in [4.78, 5) is 24.4. The summed E-state index contributed by atoms with van der Waals surface area (Å²) in [7, 11) is 1.84. The highest BCUT2D eigenvalue weighted by Crippen LogP contribution is 2.32. The Labute approximate surface area is 163 Å². The highest BCUT2D eigenvalue weighted by molar-refractivity contribution is 5.96. The molecule has 1 aromatic heterocycles. The van der Waals surface area contributed by atoms with Crippen LogP contribution >= 0.6 is 0 Å². The molecule has 3 rings (SSSR count). The van der Waals surface area contributed by atoms with Crippen LogP contribution in [0, 0.1) is 13.8 Å². The number of hydrogen-bond acceptors (Lipinski definition) is 6. The Bertz CT molecular complexity index is 932. The first-order valence-electron chi connectivity index (χ1n) is 8.94. The zero-order valence-corrected chi connectivity index (χ0v) is 16.3. The normalized spacial score (nSPS) is 14.0. The van der Waals surface area contributed by atoms with Gasteiger partial charge in [0.15, 0.2) is 17.6 Å². The summed E-state index contributed by atoms with van der Waals surface area (Å²) in [5.74, 6) is 0.160. The van der Waals surface area contributed by atoms with E-state index >= 15 is 0 Å². The molecule has 1 amide bonds. The van der Waals surface area contributed by atoms with Gasteiger partial charge in [0.25, 0.3) is 5.91 Å². The van der Waals surface area contributed by atoms with Gasteiger partial charge in [-0.05, 0) is 39.0 Å². The molecule has 0 fully saturated rings. The minimum Gasteiger partial charge on any atom is -0.486 e. The second-order valence-corrected chi connectivity index (χ2v) is 6.47. The molecule has 0 saturated carbocycles. The van der Waals surface area contributed by atoms with Crippen LogP contribution in [-0.4, -0.2) is 41.0 Å². The van der Waals surface area contributed by atoms with Gasteiger partial charge in [-0.3, -0.25) is 9.48 Å². The number of aromatic nitrogens is 2. The lowest BCUT2D eigenvalue weighted by atomic mass is 10.2. The Morgan fingerprint density at radius 3 is 2.64 bits per heavy atom. The van der Waals surface area contributed by atoms with Gasteiger partial charge in [-0.1, -0.05) is 0 Å². The van der Waals surface area contributed by atoms with Crippen LogP contribution in [-0.2, 0) is 21.4 Å². The van der Waals surface area contributed by atoms with E-state index in [1.807, 2.05) is 20.9 Å². The fraction of sp³-hybridized carbons (Fsp3) is 0.350. The number of rotatable bonds is 5. The smallest absolute Gasteiger partial charge is 0.331 e. The van der Waals surface area contributed by atoms with Crippen LogP contribution in [0.15, 0.2) is 24.3 Å². The van der Waals surface area contributed by atoms with E-state index < -0.39 is 18.0 Å². The third kappa shape index (κ3) is 4.33. The van der Waals surface area contributed by atoms with Crippen molar-refractivity contribution >= 4 is 23.6 Å². The highest BCUT2D eigenvalue weighted by atomic mass is 16.6. The zero-order chi connectivity index (χ0) is 20.3. The summed E-state index contributed by atoms with van der Waals surface area (Å²) < 4.78 is 17.9. The summed E-state index contributed by atoms with van der Waals surface area (Å²) >= 11 is 0. The van der Waals surface area contributed by atoms with Crippen molar-refractivity contribution in [2.75, 3.05) is 18.5 Å². The summed E-state index contributed by atoms with van der Waals surface area (Å²) in [6, 6.07) is 5.10. The fourth-order valence-electron chi connectivity index (χ4n) is 2.81. The maximum atomic E-state index is 12.3. The first kappa shape index (κ1) is 19.5. The Hall–Kier alpha value is -3.29. The minimum absolute atomic E-state index is 0.438. The van der Waals surface area contributed by atoms with Gasteiger partial charge < -0.3 is 19.5 Å². The van der Waals surface area contributed by atoms with Crippen molar-refractivity contribution in [1.29, 1.82) is 0 Å². The van der Waals surface area contributed by atoms with Crippen LogP contribution in [0.4, 0.5) is 5.69 Å². The number of esters is 1. The molecule has 2 aromatic rings. The molecule has 1 atom stereocenters. The molecule has 0 bridgehead atoms. The molecule has 8 nitrogen and oxygen atoms in total. The van der Waals surface area contributed by atoms with Crippen LogP contribution in [0.25, 0.3) is 6.08 Å². The number of carbonyl (C=O) groups excluding carboxylic acids is 2. The van der Waals surface area contributed by atoms with E-state index in [-0.39, 0.29) is 0 Å². The summed E-state index contributed by atoms with van der Waals surface area (Å²) in [5.41, 5.74) is 3.14. The average molecular weight is 385 g/mol. The van der Waals surface area contributed by atoms with E-state index in [2.05, 4.69) is 10.4 Å². The van der Waals surface area contributed by atoms with Gasteiger partial charge in [0.2, 0.25) is 0 Å². The van der Waals surface area contributed by atoms with E-state index in [1.165, 1.54) is 13.0 Å². The number of anilines is 1. The SMILES string of the molecule is Cc1nn(C)c(C)c1/C=C/C(=O)O[C@@H](C)C(=O)Nc1ccc2c(c1)OCCO2. The summed E-state index contributed by atoms with van der Waals surface area (Å²) in [5, 5.41) is 6.99. The van der Waals surface area contributed by atoms with E-state index in [0.717, 1.165) is 17.0 Å². The maximum absolute atomic E-state index is 12.3. The number of nitrogens with one attached hydrogen (secondary N) is 1. The molecule has 8 heteroatoms. The van der Waals surface area contributed by atoms with Gasteiger partial charge in [-0.25, -0.2) is 4.79 Å². The van der Waals surface area contributed by atoms with Gasteiger partial charge in [0.05, 0.1) is 5.69 Å². The van der Waals surface area contributed by atoms with E-state index in [9.17, 15) is 9.59 Å². The van der Waals surface area contributed by atoms with Gasteiger partial charge in [-0.15, -0.1) is 0 Å². The second kappa shape index (κ2) is 8.16. The van der Waals surface area contributed by atoms with Crippen LogP contribution in [0.1, 0.15) is 23.9 Å². The highest BCUT2D eigenvalue weighted by Gasteiger charge is 2.19. The molecular formula is C20H23N3O5. The molecule has 148 valence electrons. The van der Waals surface area contributed by atoms with Crippen LogP contribution in [0.2, 0.25) is 0 Å². The van der Waals surface area contributed by atoms with Crippen molar-refractivity contribution in [2.45, 2.75) is 26.9 Å². The standard InChI is InChI=1S/C20H23N3O5/c1-12-16(13(2)23(4)22-12)6-8-19(24)28-14(3)20(25)21-15-5-7-17-18(11-15)27-10-9-26-17/h5-8,11,14H,9-10H2,1-4H3,(H,21,25)/b8-6+/t14-/m0/s1. The minimum atomic E-state index is -0.957. The average Bonchev–Trinajstić information content (AvgIpc) is 2.91. The molecular weight excluding hydrogens is 362 g/mol. The molecule has 1 aliphatic rings. The summed E-state index contributed by atoms with van der Waals surface area (Å²) in [6.45, 7) is 6.24. The van der Waals surface area contributed by atoms with E-state index in [0.29, 0.717) is 30.4 Å². The predicted molar refractivity (Wildman–Crippen MR) is 103 cm³/mol. The number of aryl methyl sites for hydroxylation is 2. The molecule has 0 unspecified atom stereocenters. The van der Waals surface area contributed by atoms with Crippen molar-refractivity contribution in [2.24, 2.45) is 7.05 Å². The van der Waals surface area contributed by atoms with Gasteiger partial charge >= 0.3 is 5.97 Å². The lowest BCUT2D eigenvalue weighted by molar-refractivity contribution is -0.148. The van der Waals surface area contributed by atoms with Crippen molar-refractivity contribution in [3.63, 3.8) is 0 Å². The molecule has 1 aliphatic heterocycles. The van der Waals surface area contributed by atoms with Crippen LogP contribution < -0.4 is 14.8 Å². The molecule has 0 saturated heterocycles. The number of hydrogen-bond donors (Lipinski definition) is 1. The molecule has 0 spiro atoms. The van der Waals surface area contributed by atoms with Gasteiger partial charge in [0, 0.05) is 36.1 Å². The number of fused-ring (bicyclic) bond motifs is 1. The first-order valence-corrected chi connectivity index (χ1v) is 8.94. The number of carbonyl (C=O) groups is 2. The zero-order valence-electron chi connectivity index (χ0n) is 16.3. The lowest BCUT2D eigenvalue weighted by Crippen LogP contribution is -2.29. The topological polar surface area (TPSA) is 91.7 Å². The Kier molecular flexibility index (Phi) is 5.67. The molecule has 0 radical (unpaired) electrons. The molecule has 1 N–H and O–H groups in total. The van der Waals surface area contributed by atoms with Crippen LogP contribution in [0.3, 0.4) is 0 Å². The largest absolute Gasteiger partial charge is 0.486 e. The lowest BCUT2D eigenvalue weighted by Gasteiger charge is -2.19. The molecule has 0 aliphatic carbocycles. The van der Waals surface area contributed by atoms with Crippen molar-refractivity contribution in [1.82, 2.24) is 9.78 Å². The quantitative estimate of drug-likeness (QED) is 0.628. The van der Waals surface area contributed by atoms with Crippen LogP contribution in [0.5, 0.6) is 11.5 Å². The van der Waals surface area contributed by atoms with Crippen molar-refractivity contribution in [3.05, 3.63) is 41.2 Å². The monoisotopic (exact) mass is 385 g/mol. The fourth-order valence-corrected chi connectivity index (χ4v) is 2.81. The Balaban J connectivity index is 1.57. The summed E-state index contributed by atoms with van der Waals surface area (Å²) in [6.07, 6.45) is 1.98. The van der Waals surface area contributed by atoms with Gasteiger partial charge in [-0.2, -0.15) is 5.10 Å². The van der Waals surface area contributed by atoms with Crippen molar-refractivity contribution < 1.29 is 23.8 Å². The Morgan fingerprint density at radius 2 is 1.96 bits per heavy atom. The van der Waals surface area contributed by atoms with Crippen molar-refractivity contribution in [3.8, 4) is 11.5 Å². The number of nitrogens with zero attached hydrogens (tertiary/aromatic N) is 2.